The predicted octanol–water partition coefficient (Wildman–Crippen LogP) is 3.10. The first-order valence-electron chi connectivity index (χ1n) is 7.19. The van der Waals surface area contributed by atoms with Gasteiger partial charge in [0.05, 0.1) is 6.42 Å². The molecule has 2 nitrogen and oxygen atoms in total. The van der Waals surface area contributed by atoms with Crippen LogP contribution in [0.2, 0.25) is 0 Å². The van der Waals surface area contributed by atoms with Gasteiger partial charge in [0.25, 0.3) is 0 Å². The second kappa shape index (κ2) is 4.81. The summed E-state index contributed by atoms with van der Waals surface area (Å²) in [7, 11) is 0. The van der Waals surface area contributed by atoms with Crippen molar-refractivity contribution >= 4 is 28.4 Å². The number of amides is 1. The molecule has 2 heterocycles. The Morgan fingerprint density at radius 1 is 1.20 bits per heavy atom. The minimum atomic E-state index is 0.300. The normalized spacial score (nSPS) is 24.5. The van der Waals surface area contributed by atoms with Gasteiger partial charge in [0, 0.05) is 23.6 Å². The third-order valence-electron chi connectivity index (χ3n) is 4.44. The van der Waals surface area contributed by atoms with Crippen molar-refractivity contribution < 1.29 is 4.79 Å². The van der Waals surface area contributed by atoms with Crippen LogP contribution in [0.5, 0.6) is 0 Å². The highest BCUT2D eigenvalue weighted by molar-refractivity contribution is 8.00. The number of likely N-dealkylation sites (tertiary alicyclic amines) is 1. The van der Waals surface area contributed by atoms with Crippen molar-refractivity contribution in [2.24, 2.45) is 0 Å². The fourth-order valence-electron chi connectivity index (χ4n) is 3.42. The van der Waals surface area contributed by atoms with E-state index in [1.807, 2.05) is 23.9 Å². The number of thioether (sulfide) groups is 1. The van der Waals surface area contributed by atoms with E-state index in [1.54, 1.807) is 0 Å². The Hall–Kier alpha value is -1.48. The number of carbonyl (C=O) groups excluding carboxylic acids is 1. The third-order valence-corrected chi connectivity index (χ3v) is 5.83. The Morgan fingerprint density at radius 2 is 2.05 bits per heavy atom. The van der Waals surface area contributed by atoms with Gasteiger partial charge in [0.15, 0.2) is 0 Å². The van der Waals surface area contributed by atoms with E-state index in [4.69, 9.17) is 0 Å². The van der Waals surface area contributed by atoms with Crippen LogP contribution < -0.4 is 0 Å². The molecule has 2 aliphatic rings. The van der Waals surface area contributed by atoms with Crippen LogP contribution in [0.4, 0.5) is 0 Å². The monoisotopic (exact) mass is 283 g/mol. The maximum atomic E-state index is 12.6. The molecular weight excluding hydrogens is 266 g/mol. The Balaban J connectivity index is 1.60. The molecule has 0 spiro atoms. The van der Waals surface area contributed by atoms with E-state index in [0.29, 0.717) is 23.6 Å². The summed E-state index contributed by atoms with van der Waals surface area (Å²) in [5, 5.41) is 3.12. The van der Waals surface area contributed by atoms with Crippen LogP contribution in [-0.4, -0.2) is 34.4 Å². The molecule has 3 heteroatoms. The van der Waals surface area contributed by atoms with E-state index < -0.39 is 0 Å². The lowest BCUT2D eigenvalue weighted by molar-refractivity contribution is -0.130. The van der Waals surface area contributed by atoms with Crippen LogP contribution in [0.1, 0.15) is 12.0 Å². The van der Waals surface area contributed by atoms with Crippen LogP contribution in [0.25, 0.3) is 10.8 Å². The number of hydrogen-bond acceptors (Lipinski definition) is 2. The minimum Gasteiger partial charge on any atom is -0.337 e. The van der Waals surface area contributed by atoms with E-state index in [1.165, 1.54) is 17.2 Å². The van der Waals surface area contributed by atoms with Crippen molar-refractivity contribution in [3.63, 3.8) is 0 Å². The fourth-order valence-corrected chi connectivity index (χ4v) is 4.85. The summed E-state index contributed by atoms with van der Waals surface area (Å²) in [4.78, 5) is 14.7. The summed E-state index contributed by atoms with van der Waals surface area (Å²) in [6.45, 7) is 0.957. The number of benzene rings is 2. The van der Waals surface area contributed by atoms with Crippen LogP contribution >= 0.6 is 11.8 Å². The predicted molar refractivity (Wildman–Crippen MR) is 84.0 cm³/mol. The van der Waals surface area contributed by atoms with Crippen LogP contribution in [0.15, 0.2) is 42.5 Å². The zero-order valence-corrected chi connectivity index (χ0v) is 12.1. The summed E-state index contributed by atoms with van der Waals surface area (Å²) in [5.74, 6) is 1.43. The molecule has 2 aliphatic heterocycles. The van der Waals surface area contributed by atoms with Crippen LogP contribution in [0, 0.1) is 0 Å². The summed E-state index contributed by atoms with van der Waals surface area (Å²) in [5.41, 5.74) is 1.16. The Bertz CT molecular complexity index is 664. The van der Waals surface area contributed by atoms with Crippen molar-refractivity contribution in [2.45, 2.75) is 24.1 Å². The summed E-state index contributed by atoms with van der Waals surface area (Å²) < 4.78 is 0. The van der Waals surface area contributed by atoms with Gasteiger partial charge in [0.2, 0.25) is 5.91 Å². The molecule has 2 atom stereocenters. The average Bonchev–Trinajstić information content (AvgIpc) is 3.10. The first-order chi connectivity index (χ1) is 9.81. The maximum absolute atomic E-state index is 12.6. The molecule has 102 valence electrons. The number of hydrogen-bond donors (Lipinski definition) is 0. The van der Waals surface area contributed by atoms with Crippen LogP contribution in [-0.2, 0) is 11.2 Å². The molecule has 2 aromatic carbocycles. The molecule has 2 aromatic rings. The highest BCUT2D eigenvalue weighted by Crippen LogP contribution is 2.37. The molecule has 0 aliphatic carbocycles. The summed E-state index contributed by atoms with van der Waals surface area (Å²) in [6, 6.07) is 15.1. The Labute approximate surface area is 123 Å². The minimum absolute atomic E-state index is 0.300. The largest absolute Gasteiger partial charge is 0.337 e. The van der Waals surface area contributed by atoms with Gasteiger partial charge in [-0.2, -0.15) is 11.8 Å². The molecule has 0 saturated carbocycles. The van der Waals surface area contributed by atoms with Gasteiger partial charge in [-0.05, 0) is 22.8 Å². The van der Waals surface area contributed by atoms with Gasteiger partial charge >= 0.3 is 0 Å². The van der Waals surface area contributed by atoms with Crippen molar-refractivity contribution in [2.75, 3.05) is 12.3 Å². The van der Waals surface area contributed by atoms with Gasteiger partial charge in [-0.1, -0.05) is 42.5 Å². The fraction of sp³-hybridized carbons (Fsp3) is 0.353. The van der Waals surface area contributed by atoms with Crippen molar-refractivity contribution in [3.05, 3.63) is 48.0 Å². The smallest absolute Gasteiger partial charge is 0.227 e. The number of nitrogens with zero attached hydrogens (tertiary/aromatic N) is 1. The first kappa shape index (κ1) is 12.3. The van der Waals surface area contributed by atoms with Crippen molar-refractivity contribution in [3.8, 4) is 0 Å². The van der Waals surface area contributed by atoms with Gasteiger partial charge in [-0.25, -0.2) is 0 Å². The second-order valence-electron chi connectivity index (χ2n) is 5.71. The van der Waals surface area contributed by atoms with Gasteiger partial charge in [-0.3, -0.25) is 4.79 Å². The average molecular weight is 283 g/mol. The van der Waals surface area contributed by atoms with E-state index in [9.17, 15) is 4.79 Å². The van der Waals surface area contributed by atoms with Gasteiger partial charge in [0.1, 0.15) is 0 Å². The SMILES string of the molecule is O=C(Cc1cccc2ccccc12)N1CC2CC1CS2. The van der Waals surface area contributed by atoms with E-state index >= 15 is 0 Å². The van der Waals surface area contributed by atoms with E-state index in [0.717, 1.165) is 17.9 Å². The number of fused-ring (bicyclic) bond motifs is 3. The van der Waals surface area contributed by atoms with Gasteiger partial charge < -0.3 is 4.90 Å². The molecule has 4 rings (SSSR count). The quantitative estimate of drug-likeness (QED) is 0.844. The topological polar surface area (TPSA) is 20.3 Å². The number of rotatable bonds is 2. The molecule has 1 amide bonds. The maximum Gasteiger partial charge on any atom is 0.227 e. The lowest BCUT2D eigenvalue weighted by atomic mass is 10.0. The summed E-state index contributed by atoms with van der Waals surface area (Å²) in [6.07, 6.45) is 1.74. The lowest BCUT2D eigenvalue weighted by Gasteiger charge is -2.27. The second-order valence-corrected chi connectivity index (χ2v) is 7.04. The molecule has 0 aromatic heterocycles. The molecule has 2 unspecified atom stereocenters. The van der Waals surface area contributed by atoms with Gasteiger partial charge in [-0.15, -0.1) is 0 Å². The van der Waals surface area contributed by atoms with E-state index in [2.05, 4.69) is 35.2 Å². The zero-order chi connectivity index (χ0) is 13.5. The lowest BCUT2D eigenvalue weighted by Crippen LogP contribution is -2.40. The third kappa shape index (κ3) is 2.01. The molecule has 2 bridgehead atoms. The van der Waals surface area contributed by atoms with Crippen LogP contribution in [0.3, 0.4) is 0 Å². The molecule has 20 heavy (non-hydrogen) atoms. The molecule has 0 radical (unpaired) electrons. The highest BCUT2D eigenvalue weighted by Gasteiger charge is 2.40. The molecule has 0 N–H and O–H groups in total. The Kier molecular flexibility index (Phi) is 2.95. The molecule has 2 saturated heterocycles. The van der Waals surface area contributed by atoms with Crippen molar-refractivity contribution in [1.82, 2.24) is 4.90 Å². The molecular formula is C17H17NOS. The van der Waals surface area contributed by atoms with Crippen molar-refractivity contribution in [1.29, 1.82) is 0 Å². The number of carbonyl (C=O) groups is 1. The zero-order valence-electron chi connectivity index (χ0n) is 11.3. The molecule has 2 fully saturated rings. The van der Waals surface area contributed by atoms with E-state index in [-0.39, 0.29) is 0 Å². The highest BCUT2D eigenvalue weighted by atomic mass is 32.2. The standard InChI is InChI=1S/C17H17NOS/c19-17(18-10-15-9-14(18)11-20-15)8-13-6-3-5-12-4-1-2-7-16(12)13/h1-7,14-15H,8-11H2. The summed E-state index contributed by atoms with van der Waals surface area (Å²) >= 11 is 2.03. The first-order valence-corrected chi connectivity index (χ1v) is 8.24. The Morgan fingerprint density at radius 3 is 2.85 bits per heavy atom.